The lowest BCUT2D eigenvalue weighted by atomic mass is 9.95. The molecule has 1 atom stereocenters. The Hall–Kier alpha value is -1.36. The van der Waals surface area contributed by atoms with Crippen LogP contribution in [0.5, 0.6) is 0 Å². The highest BCUT2D eigenvalue weighted by molar-refractivity contribution is 5.93. The fourth-order valence-electron chi connectivity index (χ4n) is 1.87. The molecule has 1 rings (SSSR count). The van der Waals surface area contributed by atoms with Gasteiger partial charge in [0, 0.05) is 12.7 Å². The second kappa shape index (κ2) is 6.60. The van der Waals surface area contributed by atoms with Crippen LogP contribution in [0.25, 0.3) is 0 Å². The van der Waals surface area contributed by atoms with Gasteiger partial charge in [0.15, 0.2) is 0 Å². The van der Waals surface area contributed by atoms with Crippen LogP contribution in [0.1, 0.15) is 64.7 Å². The van der Waals surface area contributed by atoms with Gasteiger partial charge in [-0.25, -0.2) is 0 Å². The van der Waals surface area contributed by atoms with Gasteiger partial charge in [-0.3, -0.25) is 9.48 Å². The van der Waals surface area contributed by atoms with Crippen LogP contribution in [-0.4, -0.2) is 32.9 Å². The number of carbonyl (C=O) groups is 1. The van der Waals surface area contributed by atoms with Crippen LogP contribution in [0.2, 0.25) is 0 Å². The van der Waals surface area contributed by atoms with Gasteiger partial charge in [0.05, 0.1) is 22.9 Å². The zero-order chi connectivity index (χ0) is 16.3. The highest BCUT2D eigenvalue weighted by Crippen LogP contribution is 2.16. The number of amides is 1. The van der Waals surface area contributed by atoms with Gasteiger partial charge in [-0.2, -0.15) is 5.10 Å². The van der Waals surface area contributed by atoms with E-state index < -0.39 is 5.60 Å². The molecule has 0 radical (unpaired) electrons. The van der Waals surface area contributed by atoms with E-state index in [-0.39, 0.29) is 18.0 Å². The summed E-state index contributed by atoms with van der Waals surface area (Å²) < 4.78 is 1.76. The molecule has 2 N–H and O–H groups in total. The van der Waals surface area contributed by atoms with Crippen molar-refractivity contribution in [3.05, 3.63) is 18.0 Å². The predicted octanol–water partition coefficient (Wildman–Crippen LogP) is 2.56. The molecule has 5 heteroatoms. The van der Waals surface area contributed by atoms with Gasteiger partial charge in [-0.1, -0.05) is 13.8 Å². The number of rotatable bonds is 6. The predicted molar refractivity (Wildman–Crippen MR) is 84.3 cm³/mol. The van der Waals surface area contributed by atoms with Gasteiger partial charge in [-0.05, 0) is 46.5 Å². The van der Waals surface area contributed by atoms with Crippen molar-refractivity contribution >= 4 is 5.91 Å². The fourth-order valence-corrected chi connectivity index (χ4v) is 1.87. The molecule has 0 aliphatic heterocycles. The van der Waals surface area contributed by atoms with E-state index >= 15 is 0 Å². The van der Waals surface area contributed by atoms with E-state index in [1.807, 2.05) is 20.8 Å². The van der Waals surface area contributed by atoms with E-state index in [2.05, 4.69) is 24.3 Å². The van der Waals surface area contributed by atoms with Crippen molar-refractivity contribution in [2.45, 2.75) is 65.5 Å². The molecule has 1 heterocycles. The first-order valence-corrected chi connectivity index (χ1v) is 7.57. The Balaban J connectivity index is 2.56. The van der Waals surface area contributed by atoms with E-state index in [4.69, 9.17) is 0 Å². The van der Waals surface area contributed by atoms with Crippen LogP contribution in [0.4, 0.5) is 0 Å². The molecule has 0 aliphatic carbocycles. The highest BCUT2D eigenvalue weighted by Gasteiger charge is 2.23. The minimum absolute atomic E-state index is 0.152. The lowest BCUT2D eigenvalue weighted by Crippen LogP contribution is -2.40. The summed E-state index contributed by atoms with van der Waals surface area (Å²) in [5.74, 6) is 0.340. The number of hydrogen-bond donors (Lipinski definition) is 2. The Bertz CT molecular complexity index is 470. The first-order valence-electron chi connectivity index (χ1n) is 7.57. The molecule has 0 aliphatic rings. The molecule has 0 spiro atoms. The maximum Gasteiger partial charge on any atom is 0.254 e. The van der Waals surface area contributed by atoms with E-state index in [0.717, 1.165) is 6.42 Å². The molecule has 21 heavy (non-hydrogen) atoms. The van der Waals surface area contributed by atoms with Gasteiger partial charge >= 0.3 is 0 Å². The van der Waals surface area contributed by atoms with Crippen molar-refractivity contribution in [1.29, 1.82) is 0 Å². The van der Waals surface area contributed by atoms with Gasteiger partial charge in [0.2, 0.25) is 0 Å². The Kier molecular flexibility index (Phi) is 5.56. The molecule has 0 aromatic carbocycles. The fraction of sp³-hybridized carbons (Fsp3) is 0.750. The number of nitrogens with one attached hydrogen (secondary N) is 1. The van der Waals surface area contributed by atoms with Gasteiger partial charge in [0.25, 0.3) is 5.91 Å². The van der Waals surface area contributed by atoms with Crippen molar-refractivity contribution in [1.82, 2.24) is 15.1 Å². The summed E-state index contributed by atoms with van der Waals surface area (Å²) in [6, 6.07) is 0. The number of hydrogen-bond acceptors (Lipinski definition) is 3. The van der Waals surface area contributed by atoms with Crippen LogP contribution in [0.3, 0.4) is 0 Å². The Morgan fingerprint density at radius 1 is 1.38 bits per heavy atom. The summed E-state index contributed by atoms with van der Waals surface area (Å²) in [6.45, 7) is 12.3. The van der Waals surface area contributed by atoms with Crippen molar-refractivity contribution in [2.24, 2.45) is 5.92 Å². The summed E-state index contributed by atoms with van der Waals surface area (Å²) in [6.07, 6.45) is 4.90. The third-order valence-electron chi connectivity index (χ3n) is 3.42. The standard InChI is InChI=1S/C16H29N3O2/c1-12(2)7-8-16(6,21)11-17-14(20)13-9-18-19(10-13)15(3,4)5/h9-10,12,21H,7-8,11H2,1-6H3,(H,17,20). The molecule has 120 valence electrons. The maximum absolute atomic E-state index is 12.1. The van der Waals surface area contributed by atoms with Gasteiger partial charge in [-0.15, -0.1) is 0 Å². The number of aromatic nitrogens is 2. The molecule has 0 saturated heterocycles. The zero-order valence-electron chi connectivity index (χ0n) is 14.1. The second-order valence-corrected chi connectivity index (χ2v) is 7.46. The summed E-state index contributed by atoms with van der Waals surface area (Å²) >= 11 is 0. The topological polar surface area (TPSA) is 67.2 Å². The Labute approximate surface area is 127 Å². The Morgan fingerprint density at radius 2 is 2.00 bits per heavy atom. The molecule has 1 amide bonds. The van der Waals surface area contributed by atoms with Gasteiger partial charge < -0.3 is 10.4 Å². The minimum Gasteiger partial charge on any atom is -0.388 e. The van der Waals surface area contributed by atoms with Crippen LogP contribution in [-0.2, 0) is 5.54 Å². The average Bonchev–Trinajstić information content (AvgIpc) is 2.83. The van der Waals surface area contributed by atoms with E-state index in [0.29, 0.717) is 17.9 Å². The maximum atomic E-state index is 12.1. The molecule has 1 unspecified atom stereocenters. The van der Waals surface area contributed by atoms with Crippen LogP contribution >= 0.6 is 0 Å². The molecule has 0 saturated carbocycles. The zero-order valence-corrected chi connectivity index (χ0v) is 14.1. The normalized spacial score (nSPS) is 15.0. The van der Waals surface area contributed by atoms with E-state index in [1.54, 1.807) is 24.0 Å². The van der Waals surface area contributed by atoms with Crippen molar-refractivity contribution in [2.75, 3.05) is 6.54 Å². The molecule has 0 bridgehead atoms. The third-order valence-corrected chi connectivity index (χ3v) is 3.42. The quantitative estimate of drug-likeness (QED) is 0.847. The van der Waals surface area contributed by atoms with Crippen molar-refractivity contribution in [3.63, 3.8) is 0 Å². The highest BCUT2D eigenvalue weighted by atomic mass is 16.3. The van der Waals surface area contributed by atoms with E-state index in [9.17, 15) is 9.90 Å². The number of carbonyl (C=O) groups excluding carboxylic acids is 1. The largest absolute Gasteiger partial charge is 0.388 e. The molecular weight excluding hydrogens is 266 g/mol. The van der Waals surface area contributed by atoms with Crippen LogP contribution in [0.15, 0.2) is 12.4 Å². The van der Waals surface area contributed by atoms with Crippen LogP contribution < -0.4 is 5.32 Å². The Morgan fingerprint density at radius 3 is 2.48 bits per heavy atom. The molecule has 5 nitrogen and oxygen atoms in total. The van der Waals surface area contributed by atoms with Gasteiger partial charge in [0.1, 0.15) is 0 Å². The van der Waals surface area contributed by atoms with Crippen molar-refractivity contribution < 1.29 is 9.90 Å². The number of aliphatic hydroxyl groups is 1. The first-order chi connectivity index (χ1) is 9.51. The minimum atomic E-state index is -0.875. The number of nitrogens with zero attached hydrogens (tertiary/aromatic N) is 2. The van der Waals surface area contributed by atoms with Crippen LogP contribution in [0, 0.1) is 5.92 Å². The lowest BCUT2D eigenvalue weighted by molar-refractivity contribution is 0.0429. The SMILES string of the molecule is CC(C)CCC(C)(O)CNC(=O)c1cnn(C(C)(C)C)c1. The summed E-state index contributed by atoms with van der Waals surface area (Å²) in [5, 5.41) is 17.2. The molecule has 1 aromatic heterocycles. The first kappa shape index (κ1) is 17.7. The summed E-state index contributed by atoms with van der Waals surface area (Å²) in [7, 11) is 0. The summed E-state index contributed by atoms with van der Waals surface area (Å²) in [4.78, 5) is 12.1. The van der Waals surface area contributed by atoms with Crippen molar-refractivity contribution in [3.8, 4) is 0 Å². The average molecular weight is 295 g/mol. The second-order valence-electron chi connectivity index (χ2n) is 7.46. The smallest absolute Gasteiger partial charge is 0.254 e. The molecule has 0 fully saturated rings. The molecular formula is C16H29N3O2. The summed E-state index contributed by atoms with van der Waals surface area (Å²) in [5.41, 5.74) is -0.508. The lowest BCUT2D eigenvalue weighted by Gasteiger charge is -2.24. The third kappa shape index (κ3) is 5.87. The molecule has 1 aromatic rings. The van der Waals surface area contributed by atoms with E-state index in [1.165, 1.54) is 0 Å². The monoisotopic (exact) mass is 295 g/mol.